The molecule has 1 aromatic carbocycles. The van der Waals surface area contributed by atoms with Gasteiger partial charge < -0.3 is 9.47 Å². The van der Waals surface area contributed by atoms with E-state index in [2.05, 4.69) is 0 Å². The van der Waals surface area contributed by atoms with Gasteiger partial charge in [-0.25, -0.2) is 9.59 Å². The lowest BCUT2D eigenvalue weighted by molar-refractivity contribution is -0.163. The molecule has 1 atom stereocenters. The number of carbonyl (C=O) groups is 2. The van der Waals surface area contributed by atoms with Crippen molar-refractivity contribution in [2.45, 2.75) is 44.8 Å². The van der Waals surface area contributed by atoms with Crippen LogP contribution in [0.3, 0.4) is 0 Å². The molecular formula is C17H22ClNO4. The van der Waals surface area contributed by atoms with Gasteiger partial charge in [-0.05, 0) is 44.9 Å². The Bertz CT molecular complexity index is 594. The summed E-state index contributed by atoms with van der Waals surface area (Å²) in [5.74, 6) is -0.426. The summed E-state index contributed by atoms with van der Waals surface area (Å²) in [6.07, 6.45) is 0.417. The molecule has 0 N–H and O–H groups in total. The second kappa shape index (κ2) is 6.40. The van der Waals surface area contributed by atoms with E-state index < -0.39 is 23.2 Å². The van der Waals surface area contributed by atoms with Crippen molar-refractivity contribution in [2.24, 2.45) is 0 Å². The van der Waals surface area contributed by atoms with E-state index in [4.69, 9.17) is 21.1 Å². The number of benzene rings is 1. The van der Waals surface area contributed by atoms with E-state index in [9.17, 15) is 9.59 Å². The zero-order valence-corrected chi connectivity index (χ0v) is 14.6. The highest BCUT2D eigenvalue weighted by Gasteiger charge is 2.55. The van der Waals surface area contributed by atoms with Crippen LogP contribution in [0.5, 0.6) is 0 Å². The van der Waals surface area contributed by atoms with E-state index in [0.29, 0.717) is 24.4 Å². The Morgan fingerprint density at radius 3 is 2.30 bits per heavy atom. The van der Waals surface area contributed by atoms with Crippen LogP contribution in [0.25, 0.3) is 0 Å². The lowest BCUT2D eigenvalue weighted by Gasteiger charge is -2.50. The molecular weight excluding hydrogens is 318 g/mol. The van der Waals surface area contributed by atoms with Gasteiger partial charge in [0.2, 0.25) is 0 Å². The monoisotopic (exact) mass is 339 g/mol. The van der Waals surface area contributed by atoms with Crippen molar-refractivity contribution < 1.29 is 19.1 Å². The predicted molar refractivity (Wildman–Crippen MR) is 87.5 cm³/mol. The molecule has 0 aromatic heterocycles. The number of hydrogen-bond donors (Lipinski definition) is 0. The maximum absolute atomic E-state index is 12.4. The molecule has 5 nitrogen and oxygen atoms in total. The number of methoxy groups -OCH3 is 1. The molecule has 1 unspecified atom stereocenters. The molecule has 2 rings (SSSR count). The number of halogens is 1. The lowest BCUT2D eigenvalue weighted by atomic mass is 9.79. The average molecular weight is 340 g/mol. The third-order valence-electron chi connectivity index (χ3n) is 3.85. The molecule has 0 radical (unpaired) electrons. The maximum Gasteiger partial charge on any atom is 0.411 e. The summed E-state index contributed by atoms with van der Waals surface area (Å²) in [6, 6.07) is 7.22. The fourth-order valence-electron chi connectivity index (χ4n) is 2.67. The molecule has 0 bridgehead atoms. The van der Waals surface area contributed by atoms with E-state index in [-0.39, 0.29) is 0 Å². The predicted octanol–water partition coefficient (Wildman–Crippen LogP) is 3.44. The van der Waals surface area contributed by atoms with E-state index in [0.717, 1.165) is 5.56 Å². The van der Waals surface area contributed by atoms with Gasteiger partial charge in [0, 0.05) is 18.0 Å². The molecule has 0 spiro atoms. The van der Waals surface area contributed by atoms with Crippen molar-refractivity contribution in [2.75, 3.05) is 13.7 Å². The van der Waals surface area contributed by atoms with Crippen molar-refractivity contribution in [1.82, 2.24) is 4.90 Å². The zero-order valence-electron chi connectivity index (χ0n) is 13.9. The molecule has 1 fully saturated rings. The van der Waals surface area contributed by atoms with Gasteiger partial charge in [0.05, 0.1) is 7.11 Å². The molecule has 0 aliphatic carbocycles. The number of esters is 1. The molecule has 1 aliphatic heterocycles. The van der Waals surface area contributed by atoms with Crippen LogP contribution < -0.4 is 0 Å². The first-order valence-corrected chi connectivity index (χ1v) is 7.89. The van der Waals surface area contributed by atoms with E-state index >= 15 is 0 Å². The van der Waals surface area contributed by atoms with Crippen LogP contribution in [-0.4, -0.2) is 41.8 Å². The topological polar surface area (TPSA) is 55.8 Å². The van der Waals surface area contributed by atoms with Gasteiger partial charge in [-0.15, -0.1) is 0 Å². The molecule has 1 saturated heterocycles. The molecule has 23 heavy (non-hydrogen) atoms. The number of likely N-dealkylation sites (tertiary alicyclic amines) is 1. The first-order valence-electron chi connectivity index (χ1n) is 7.51. The normalized spacial score (nSPS) is 20.7. The molecule has 6 heteroatoms. The summed E-state index contributed by atoms with van der Waals surface area (Å²) in [6.45, 7) is 5.86. The van der Waals surface area contributed by atoms with Crippen molar-refractivity contribution in [3.8, 4) is 0 Å². The van der Waals surface area contributed by atoms with Gasteiger partial charge >= 0.3 is 12.1 Å². The first-order chi connectivity index (χ1) is 10.7. The Balaban J connectivity index is 2.24. The van der Waals surface area contributed by atoms with Gasteiger partial charge in [0.15, 0.2) is 0 Å². The lowest BCUT2D eigenvalue weighted by Crippen LogP contribution is -2.68. The van der Waals surface area contributed by atoms with E-state index in [1.54, 1.807) is 32.9 Å². The number of ether oxygens (including phenoxy) is 2. The molecule has 1 heterocycles. The summed E-state index contributed by atoms with van der Waals surface area (Å²) >= 11 is 5.90. The standard InChI is InChI=1S/C17H22ClNO4/c1-16(2,3)23-15(21)19-10-9-17(19,14(20)22-4)11-12-5-7-13(18)8-6-12/h5-8H,9-11H2,1-4H3. The fourth-order valence-corrected chi connectivity index (χ4v) is 2.80. The summed E-state index contributed by atoms with van der Waals surface area (Å²) in [7, 11) is 1.33. The summed E-state index contributed by atoms with van der Waals surface area (Å²) in [4.78, 5) is 26.2. The molecule has 0 saturated carbocycles. The second-order valence-electron chi connectivity index (χ2n) is 6.71. The Morgan fingerprint density at radius 2 is 1.87 bits per heavy atom. The minimum absolute atomic E-state index is 0.371. The molecule has 126 valence electrons. The van der Waals surface area contributed by atoms with Crippen LogP contribution in [-0.2, 0) is 20.7 Å². The van der Waals surface area contributed by atoms with Crippen LogP contribution in [0.1, 0.15) is 32.8 Å². The molecule has 1 amide bonds. The minimum Gasteiger partial charge on any atom is -0.467 e. The SMILES string of the molecule is COC(=O)C1(Cc2ccc(Cl)cc2)CCN1C(=O)OC(C)(C)C. The largest absolute Gasteiger partial charge is 0.467 e. The number of rotatable bonds is 3. The van der Waals surface area contributed by atoms with Gasteiger partial charge in [-0.2, -0.15) is 0 Å². The first kappa shape index (κ1) is 17.6. The Morgan fingerprint density at radius 1 is 1.26 bits per heavy atom. The highest BCUT2D eigenvalue weighted by molar-refractivity contribution is 6.30. The number of nitrogens with zero attached hydrogens (tertiary/aromatic N) is 1. The quantitative estimate of drug-likeness (QED) is 0.792. The third kappa shape index (κ3) is 3.78. The van der Waals surface area contributed by atoms with Crippen LogP contribution in [0, 0.1) is 0 Å². The highest BCUT2D eigenvalue weighted by atomic mass is 35.5. The number of carbonyl (C=O) groups excluding carboxylic acids is 2. The van der Waals surface area contributed by atoms with Crippen LogP contribution in [0.15, 0.2) is 24.3 Å². The molecule has 1 aliphatic rings. The molecule has 1 aromatic rings. The van der Waals surface area contributed by atoms with Crippen molar-refractivity contribution in [3.05, 3.63) is 34.9 Å². The maximum atomic E-state index is 12.4. The smallest absolute Gasteiger partial charge is 0.411 e. The third-order valence-corrected chi connectivity index (χ3v) is 4.11. The van der Waals surface area contributed by atoms with Crippen LogP contribution in [0.2, 0.25) is 5.02 Å². The summed E-state index contributed by atoms with van der Waals surface area (Å²) in [5, 5.41) is 0.624. The van der Waals surface area contributed by atoms with E-state index in [1.807, 2.05) is 12.1 Å². The minimum atomic E-state index is -1.01. The number of hydrogen-bond acceptors (Lipinski definition) is 4. The van der Waals surface area contributed by atoms with Crippen molar-refractivity contribution in [1.29, 1.82) is 0 Å². The summed E-state index contributed by atoms with van der Waals surface area (Å²) in [5.41, 5.74) is -0.715. The van der Waals surface area contributed by atoms with Crippen molar-refractivity contribution in [3.63, 3.8) is 0 Å². The van der Waals surface area contributed by atoms with Gasteiger partial charge in [-0.1, -0.05) is 23.7 Å². The Kier molecular flexibility index (Phi) is 4.90. The average Bonchev–Trinajstić information content (AvgIpc) is 2.42. The van der Waals surface area contributed by atoms with Gasteiger partial charge in [-0.3, -0.25) is 4.90 Å². The highest BCUT2D eigenvalue weighted by Crippen LogP contribution is 2.37. The van der Waals surface area contributed by atoms with E-state index in [1.165, 1.54) is 12.0 Å². The van der Waals surface area contributed by atoms with Gasteiger partial charge in [0.1, 0.15) is 11.1 Å². The Labute approximate surface area is 141 Å². The Hall–Kier alpha value is -1.75. The van der Waals surface area contributed by atoms with Crippen LogP contribution in [0.4, 0.5) is 4.79 Å². The zero-order chi connectivity index (χ0) is 17.3. The number of amides is 1. The summed E-state index contributed by atoms with van der Waals surface area (Å²) < 4.78 is 10.4. The fraction of sp³-hybridized carbons (Fsp3) is 0.529. The van der Waals surface area contributed by atoms with Crippen LogP contribution >= 0.6 is 11.6 Å². The van der Waals surface area contributed by atoms with Crippen molar-refractivity contribution >= 4 is 23.7 Å². The second-order valence-corrected chi connectivity index (χ2v) is 7.14. The van der Waals surface area contributed by atoms with Gasteiger partial charge in [0.25, 0.3) is 0 Å².